The van der Waals surface area contributed by atoms with Gasteiger partial charge >= 0.3 is 5.97 Å². The lowest BCUT2D eigenvalue weighted by Crippen LogP contribution is -2.56. The molecule has 1 saturated carbocycles. The van der Waals surface area contributed by atoms with Gasteiger partial charge in [0.25, 0.3) is 0 Å². The summed E-state index contributed by atoms with van der Waals surface area (Å²) in [4.78, 5) is 25.5. The van der Waals surface area contributed by atoms with Gasteiger partial charge in [-0.3, -0.25) is 9.59 Å². The highest BCUT2D eigenvalue weighted by Crippen LogP contribution is 2.48. The molecule has 3 fully saturated rings. The van der Waals surface area contributed by atoms with Crippen LogP contribution < -0.4 is 0 Å². The van der Waals surface area contributed by atoms with Crippen molar-refractivity contribution in [3.05, 3.63) is 0 Å². The van der Waals surface area contributed by atoms with E-state index < -0.39 is 11.4 Å². The molecular weight excluding hydrogens is 254 g/mol. The minimum Gasteiger partial charge on any atom is -0.480 e. The Bertz CT molecular complexity index is 380. The molecule has 2 unspecified atom stereocenters. The summed E-state index contributed by atoms with van der Waals surface area (Å²) in [6.07, 6.45) is 1.83. The fraction of sp³-hybridized carbons (Fsp3) is 0.833. The summed E-state index contributed by atoms with van der Waals surface area (Å²) < 4.78 is 5.44. The van der Waals surface area contributed by atoms with Crippen LogP contribution in [-0.4, -0.2) is 58.7 Å². The standard InChI is InChI=1S/C12H17NO4S/c14-10(12(2-3-12)11(15)16)13-4-6-18-9-7-17-5-1-8(9)13/h8-9H,1-7H2,(H,15,16). The van der Waals surface area contributed by atoms with E-state index in [0.717, 1.165) is 12.2 Å². The topological polar surface area (TPSA) is 66.8 Å². The molecule has 100 valence electrons. The van der Waals surface area contributed by atoms with Crippen LogP contribution in [0.3, 0.4) is 0 Å². The number of nitrogens with zero attached hydrogens (tertiary/aromatic N) is 1. The lowest BCUT2D eigenvalue weighted by molar-refractivity contribution is -0.155. The van der Waals surface area contributed by atoms with Crippen molar-refractivity contribution in [2.45, 2.75) is 30.6 Å². The van der Waals surface area contributed by atoms with E-state index >= 15 is 0 Å². The predicted molar refractivity (Wildman–Crippen MR) is 66.5 cm³/mol. The Morgan fingerprint density at radius 3 is 2.83 bits per heavy atom. The molecule has 2 heterocycles. The first-order valence-corrected chi connectivity index (χ1v) is 7.44. The summed E-state index contributed by atoms with van der Waals surface area (Å²) in [6, 6.07) is 0.168. The van der Waals surface area contributed by atoms with E-state index in [1.165, 1.54) is 0 Å². The second kappa shape index (κ2) is 4.42. The van der Waals surface area contributed by atoms with Crippen molar-refractivity contribution in [3.63, 3.8) is 0 Å². The van der Waals surface area contributed by atoms with Gasteiger partial charge in [-0.25, -0.2) is 0 Å². The molecule has 1 aliphatic carbocycles. The van der Waals surface area contributed by atoms with Gasteiger partial charge in [-0.15, -0.1) is 0 Å². The van der Waals surface area contributed by atoms with Crippen molar-refractivity contribution in [2.24, 2.45) is 5.41 Å². The minimum absolute atomic E-state index is 0.160. The second-order valence-corrected chi connectivity index (χ2v) is 6.57. The van der Waals surface area contributed by atoms with Crippen LogP contribution in [0.4, 0.5) is 0 Å². The molecular formula is C12H17NO4S. The molecule has 3 rings (SSSR count). The van der Waals surface area contributed by atoms with E-state index in [9.17, 15) is 14.7 Å². The largest absolute Gasteiger partial charge is 0.480 e. The maximum Gasteiger partial charge on any atom is 0.319 e. The quantitative estimate of drug-likeness (QED) is 0.744. The first-order valence-electron chi connectivity index (χ1n) is 6.39. The Balaban J connectivity index is 1.78. The van der Waals surface area contributed by atoms with Crippen molar-refractivity contribution >= 4 is 23.6 Å². The summed E-state index contributed by atoms with van der Waals surface area (Å²) in [7, 11) is 0. The number of thioether (sulfide) groups is 1. The van der Waals surface area contributed by atoms with E-state index in [-0.39, 0.29) is 11.9 Å². The number of amides is 1. The smallest absolute Gasteiger partial charge is 0.319 e. The highest BCUT2D eigenvalue weighted by Gasteiger charge is 2.59. The summed E-state index contributed by atoms with van der Waals surface area (Å²) in [5.74, 6) is -0.229. The van der Waals surface area contributed by atoms with Gasteiger partial charge in [0.05, 0.1) is 6.61 Å². The number of hydrogen-bond acceptors (Lipinski definition) is 4. The first-order chi connectivity index (χ1) is 8.65. The zero-order chi connectivity index (χ0) is 12.8. The van der Waals surface area contributed by atoms with E-state index in [4.69, 9.17) is 4.74 Å². The Labute approximate surface area is 110 Å². The molecule has 3 aliphatic rings. The lowest BCUT2D eigenvalue weighted by atomic mass is 10.0. The molecule has 0 aromatic heterocycles. The molecule has 5 nitrogen and oxygen atoms in total. The van der Waals surface area contributed by atoms with E-state index in [0.29, 0.717) is 37.9 Å². The summed E-state index contributed by atoms with van der Waals surface area (Å²) >= 11 is 1.84. The molecule has 6 heteroatoms. The van der Waals surface area contributed by atoms with E-state index in [1.807, 2.05) is 16.7 Å². The monoisotopic (exact) mass is 271 g/mol. The van der Waals surface area contributed by atoms with Gasteiger partial charge in [-0.1, -0.05) is 0 Å². The predicted octanol–water partition coefficient (Wildman–Crippen LogP) is 0.584. The molecule has 1 amide bonds. The number of hydrogen-bond donors (Lipinski definition) is 1. The van der Waals surface area contributed by atoms with Gasteiger partial charge in [-0.2, -0.15) is 11.8 Å². The molecule has 2 aliphatic heterocycles. The molecule has 2 saturated heterocycles. The van der Waals surface area contributed by atoms with Crippen molar-refractivity contribution in [1.82, 2.24) is 4.90 Å². The molecule has 0 spiro atoms. The van der Waals surface area contributed by atoms with Crippen LogP contribution in [0, 0.1) is 5.41 Å². The number of rotatable bonds is 2. The minimum atomic E-state index is -1.09. The Morgan fingerprint density at radius 2 is 2.17 bits per heavy atom. The highest BCUT2D eigenvalue weighted by molar-refractivity contribution is 8.00. The maximum absolute atomic E-state index is 12.5. The van der Waals surface area contributed by atoms with Crippen LogP contribution in [-0.2, 0) is 14.3 Å². The van der Waals surface area contributed by atoms with Gasteiger partial charge in [0.2, 0.25) is 5.91 Å². The van der Waals surface area contributed by atoms with Crippen LogP contribution in [0.25, 0.3) is 0 Å². The second-order valence-electron chi connectivity index (χ2n) is 5.23. The first kappa shape index (κ1) is 12.3. The third-order valence-corrected chi connectivity index (χ3v) is 5.46. The molecule has 18 heavy (non-hydrogen) atoms. The number of carbonyl (C=O) groups excluding carboxylic acids is 1. The van der Waals surface area contributed by atoms with Gasteiger partial charge in [0.1, 0.15) is 5.41 Å². The van der Waals surface area contributed by atoms with Crippen LogP contribution in [0.1, 0.15) is 19.3 Å². The normalized spacial score (nSPS) is 33.7. The SMILES string of the molecule is O=C(O)C1(C(=O)N2CCSC3COCCC32)CC1. The van der Waals surface area contributed by atoms with Gasteiger partial charge in [0, 0.05) is 30.2 Å². The number of ether oxygens (including phenoxy) is 1. The average molecular weight is 271 g/mol. The number of carboxylic acid groups (broad SMARTS) is 1. The third-order valence-electron chi connectivity index (χ3n) is 4.16. The maximum atomic E-state index is 12.5. The van der Waals surface area contributed by atoms with Crippen molar-refractivity contribution in [2.75, 3.05) is 25.5 Å². The van der Waals surface area contributed by atoms with Crippen LogP contribution >= 0.6 is 11.8 Å². The zero-order valence-electron chi connectivity index (χ0n) is 10.1. The van der Waals surface area contributed by atoms with Gasteiger partial charge in [-0.05, 0) is 19.3 Å². The Hall–Kier alpha value is -0.750. The molecule has 0 aromatic rings. The summed E-state index contributed by atoms with van der Waals surface area (Å²) in [5, 5.41) is 9.54. The molecule has 0 bridgehead atoms. The van der Waals surface area contributed by atoms with Crippen molar-refractivity contribution < 1.29 is 19.4 Å². The van der Waals surface area contributed by atoms with Crippen LogP contribution in [0.5, 0.6) is 0 Å². The molecule has 2 atom stereocenters. The van der Waals surface area contributed by atoms with Crippen molar-refractivity contribution in [1.29, 1.82) is 0 Å². The number of aliphatic carboxylic acids is 1. The number of carbonyl (C=O) groups is 2. The Morgan fingerprint density at radius 1 is 1.39 bits per heavy atom. The molecule has 1 N–H and O–H groups in total. The highest BCUT2D eigenvalue weighted by atomic mass is 32.2. The molecule has 0 aromatic carbocycles. The van der Waals surface area contributed by atoms with Gasteiger partial charge in [0.15, 0.2) is 0 Å². The van der Waals surface area contributed by atoms with Crippen molar-refractivity contribution in [3.8, 4) is 0 Å². The lowest BCUT2D eigenvalue weighted by Gasteiger charge is -2.44. The molecule has 0 radical (unpaired) electrons. The van der Waals surface area contributed by atoms with Crippen LogP contribution in [0.2, 0.25) is 0 Å². The number of carboxylic acids is 1. The fourth-order valence-corrected chi connectivity index (χ4v) is 4.16. The van der Waals surface area contributed by atoms with Crippen LogP contribution in [0.15, 0.2) is 0 Å². The fourth-order valence-electron chi connectivity index (χ4n) is 2.86. The summed E-state index contributed by atoms with van der Waals surface area (Å²) in [5.41, 5.74) is -1.09. The van der Waals surface area contributed by atoms with E-state index in [1.54, 1.807) is 0 Å². The van der Waals surface area contributed by atoms with E-state index in [2.05, 4.69) is 0 Å². The number of fused-ring (bicyclic) bond motifs is 1. The van der Waals surface area contributed by atoms with Gasteiger partial charge < -0.3 is 14.7 Å². The average Bonchev–Trinajstić information content (AvgIpc) is 3.19. The Kier molecular flexibility index (Phi) is 3.02. The summed E-state index contributed by atoms with van der Waals surface area (Å²) in [6.45, 7) is 2.03. The zero-order valence-corrected chi connectivity index (χ0v) is 10.9. The third kappa shape index (κ3) is 1.82.